The number of primary amides is 1. The number of hydrogen-bond donors (Lipinski definition) is 6. The number of hydrogen-bond acceptors (Lipinski definition) is 6. The van der Waals surface area contributed by atoms with Crippen molar-refractivity contribution in [1.29, 1.82) is 0 Å². The fraction of sp³-hybridized carbons (Fsp3) is 0.960. The van der Waals surface area contributed by atoms with Crippen molar-refractivity contribution >= 4 is 11.9 Å². The standard InChI is InChI=1S/C24H41NO3.C24H40O4.2CH4/c1-14(4-7-21(25)28)17-5-6-18-22-19(9-11-24(17,18)3)23(2)10-8-16(26)12-15(23)13-20(22)27;1-14(4-7-21(27)28)17-5-6-18-22-19(9-11-24(17,18)3)23(2)10-8-16(25)12-15(23)13-20(22)26;;/h14-20,22,26-27H,4-13H2,1-3H3,(H2,25,28);14-20,22,25-26H,4-13H2,1-3H3,(H,27,28);2*1H4/t2*14-,15+,16-,17-,18+,19+,20-,22+,23+,24-;;/m11../s1. The van der Waals surface area contributed by atoms with Gasteiger partial charge >= 0.3 is 5.97 Å². The lowest BCUT2D eigenvalue weighted by molar-refractivity contribution is -0.174. The van der Waals surface area contributed by atoms with Crippen molar-refractivity contribution < 1.29 is 35.1 Å². The molecule has 0 bridgehead atoms. The summed E-state index contributed by atoms with van der Waals surface area (Å²) in [5, 5.41) is 52.0. The molecule has 1 amide bonds. The minimum Gasteiger partial charge on any atom is -0.481 e. The summed E-state index contributed by atoms with van der Waals surface area (Å²) in [6.07, 6.45) is 18.9. The normalized spacial score (nSPS) is 49.9. The van der Waals surface area contributed by atoms with Crippen LogP contribution in [-0.4, -0.2) is 61.8 Å². The van der Waals surface area contributed by atoms with Crippen LogP contribution in [0.1, 0.15) is 185 Å². The first kappa shape index (κ1) is 47.8. The Kier molecular flexibility index (Phi) is 14.7. The second-order valence-corrected chi connectivity index (χ2v) is 22.8. The van der Waals surface area contributed by atoms with Crippen LogP contribution in [0.25, 0.3) is 0 Å². The van der Waals surface area contributed by atoms with Crippen molar-refractivity contribution in [2.75, 3.05) is 0 Å². The summed E-state index contributed by atoms with van der Waals surface area (Å²) in [5.41, 5.74) is 6.51. The van der Waals surface area contributed by atoms with Crippen LogP contribution in [0.2, 0.25) is 0 Å². The number of fused-ring (bicyclic) bond motifs is 10. The van der Waals surface area contributed by atoms with Crippen molar-refractivity contribution in [1.82, 2.24) is 0 Å². The van der Waals surface area contributed by atoms with Crippen molar-refractivity contribution in [2.45, 2.75) is 209 Å². The highest BCUT2D eigenvalue weighted by Gasteiger charge is 2.64. The molecule has 0 aromatic rings. The van der Waals surface area contributed by atoms with Gasteiger partial charge in [0.15, 0.2) is 0 Å². The third kappa shape index (κ3) is 8.23. The Bertz CT molecular complexity index is 1320. The predicted octanol–water partition coefficient (Wildman–Crippen LogP) is 9.63. The molecule has 0 heterocycles. The van der Waals surface area contributed by atoms with Gasteiger partial charge in [-0.25, -0.2) is 0 Å². The molecule has 8 aliphatic rings. The van der Waals surface area contributed by atoms with Crippen molar-refractivity contribution in [3.63, 3.8) is 0 Å². The molecule has 8 heteroatoms. The highest BCUT2D eigenvalue weighted by molar-refractivity contribution is 5.73. The summed E-state index contributed by atoms with van der Waals surface area (Å²) in [4.78, 5) is 22.3. The van der Waals surface area contributed by atoms with E-state index in [1.165, 1.54) is 51.4 Å². The van der Waals surface area contributed by atoms with Gasteiger partial charge in [-0.1, -0.05) is 56.4 Å². The third-order valence-electron chi connectivity index (χ3n) is 20.5. The van der Waals surface area contributed by atoms with Crippen LogP contribution in [0.4, 0.5) is 0 Å². The lowest BCUT2D eigenvalue weighted by atomic mass is 9.43. The van der Waals surface area contributed by atoms with Crippen molar-refractivity contribution in [2.24, 2.45) is 98.4 Å². The van der Waals surface area contributed by atoms with E-state index in [-0.39, 0.29) is 67.8 Å². The van der Waals surface area contributed by atoms with Crippen molar-refractivity contribution in [3.05, 3.63) is 0 Å². The molecule has 7 N–H and O–H groups in total. The maximum atomic E-state index is 11.3. The lowest BCUT2D eigenvalue weighted by Crippen LogP contribution is -2.58. The first-order valence-electron chi connectivity index (χ1n) is 23.6. The fourth-order valence-electron chi connectivity index (χ4n) is 17.5. The Labute approximate surface area is 353 Å². The smallest absolute Gasteiger partial charge is 0.303 e. The second kappa shape index (κ2) is 17.9. The maximum absolute atomic E-state index is 11.3. The summed E-state index contributed by atoms with van der Waals surface area (Å²) in [6, 6.07) is 0. The van der Waals surface area contributed by atoms with Crippen LogP contribution < -0.4 is 5.73 Å². The summed E-state index contributed by atoms with van der Waals surface area (Å²) < 4.78 is 0. The number of nitrogens with two attached hydrogens (primary N) is 1. The fourth-order valence-corrected chi connectivity index (χ4v) is 17.5. The highest BCUT2D eigenvalue weighted by atomic mass is 16.4. The highest BCUT2D eigenvalue weighted by Crippen LogP contribution is 2.70. The molecule has 0 aromatic heterocycles. The molecule has 8 saturated carbocycles. The quantitative estimate of drug-likeness (QED) is 0.142. The molecular weight excluding hydrogens is 727 g/mol. The molecule has 8 fully saturated rings. The molecule has 8 aliphatic carbocycles. The van der Waals surface area contributed by atoms with E-state index >= 15 is 0 Å². The Morgan fingerprint density at radius 2 is 0.914 bits per heavy atom. The minimum absolute atomic E-state index is 0. The van der Waals surface area contributed by atoms with Gasteiger partial charge in [0.2, 0.25) is 5.91 Å². The first-order chi connectivity index (χ1) is 26.3. The number of carbonyl (C=O) groups excluding carboxylic acids is 1. The second-order valence-electron chi connectivity index (χ2n) is 22.8. The molecule has 8 rings (SSSR count). The van der Waals surface area contributed by atoms with Gasteiger partial charge in [-0.3, -0.25) is 9.59 Å². The third-order valence-corrected chi connectivity index (χ3v) is 20.5. The van der Waals surface area contributed by atoms with Crippen LogP contribution in [0.5, 0.6) is 0 Å². The summed E-state index contributed by atoms with van der Waals surface area (Å²) in [7, 11) is 0. The first-order valence-corrected chi connectivity index (χ1v) is 23.6. The average Bonchev–Trinajstić information content (AvgIpc) is 3.68. The number of amides is 1. The number of carboxylic acids is 1. The summed E-state index contributed by atoms with van der Waals surface area (Å²) in [6.45, 7) is 14.4. The largest absolute Gasteiger partial charge is 0.481 e. The molecule has 336 valence electrons. The molecular formula is C50H89NO7. The SMILES string of the molecule is C.C.C[C@H](CCC(=O)O)[C@H]1CC[C@H]2[C@@H]3[C@H](O)C[C@@H]4C[C@H](O)CC[C@]4(C)[C@H]3CC[C@]12C.C[C@H](CCC(N)=O)[C@H]1CC[C@H]2[C@@H]3[C@H](O)C[C@@H]4C[C@H](O)CC[C@]4(C)[C@H]3CC[C@]12C. The number of aliphatic carboxylic acids is 1. The zero-order chi connectivity index (χ0) is 40.5. The van der Waals surface area contributed by atoms with Gasteiger partial charge < -0.3 is 31.3 Å². The Balaban J connectivity index is 0.000000214. The number of carbonyl (C=O) groups is 2. The number of carboxylic acid groups (broad SMARTS) is 1. The van der Waals surface area contributed by atoms with Crippen LogP contribution >= 0.6 is 0 Å². The van der Waals surface area contributed by atoms with Crippen LogP contribution in [0.3, 0.4) is 0 Å². The maximum Gasteiger partial charge on any atom is 0.303 e. The summed E-state index contributed by atoms with van der Waals surface area (Å²) >= 11 is 0. The van der Waals surface area contributed by atoms with E-state index in [1.54, 1.807) is 0 Å². The van der Waals surface area contributed by atoms with Gasteiger partial charge in [0.1, 0.15) is 0 Å². The zero-order valence-electron chi connectivity index (χ0n) is 36.0. The average molecular weight is 816 g/mol. The molecule has 8 nitrogen and oxygen atoms in total. The molecule has 0 aromatic carbocycles. The van der Waals surface area contributed by atoms with Crippen LogP contribution in [-0.2, 0) is 9.59 Å². The molecule has 0 saturated heterocycles. The van der Waals surface area contributed by atoms with Gasteiger partial charge in [0.05, 0.1) is 24.4 Å². The molecule has 0 radical (unpaired) electrons. The van der Waals surface area contributed by atoms with E-state index in [9.17, 15) is 30.0 Å². The van der Waals surface area contributed by atoms with Gasteiger partial charge in [0.25, 0.3) is 0 Å². The van der Waals surface area contributed by atoms with Gasteiger partial charge in [-0.05, 0) is 208 Å². The molecule has 20 atom stereocenters. The van der Waals surface area contributed by atoms with Crippen LogP contribution in [0, 0.1) is 92.7 Å². The monoisotopic (exact) mass is 816 g/mol. The number of rotatable bonds is 8. The number of aliphatic hydroxyl groups excluding tert-OH is 4. The van der Waals surface area contributed by atoms with E-state index < -0.39 is 5.97 Å². The van der Waals surface area contributed by atoms with E-state index in [0.717, 1.165) is 64.2 Å². The molecule has 0 spiro atoms. The molecule has 0 unspecified atom stereocenters. The molecule has 58 heavy (non-hydrogen) atoms. The summed E-state index contributed by atoms with van der Waals surface area (Å²) in [5.74, 6) is 5.44. The van der Waals surface area contributed by atoms with Gasteiger partial charge in [-0.15, -0.1) is 0 Å². The Morgan fingerprint density at radius 3 is 1.29 bits per heavy atom. The zero-order valence-corrected chi connectivity index (χ0v) is 36.0. The predicted molar refractivity (Wildman–Crippen MR) is 232 cm³/mol. The van der Waals surface area contributed by atoms with E-state index in [0.29, 0.717) is 82.9 Å². The molecule has 0 aliphatic heterocycles. The number of aliphatic hydroxyl groups is 4. The van der Waals surface area contributed by atoms with Gasteiger partial charge in [-0.2, -0.15) is 0 Å². The van der Waals surface area contributed by atoms with Gasteiger partial charge in [0, 0.05) is 12.8 Å². The Morgan fingerprint density at radius 1 is 0.552 bits per heavy atom. The van der Waals surface area contributed by atoms with E-state index in [2.05, 4.69) is 41.5 Å². The van der Waals surface area contributed by atoms with E-state index in [1.807, 2.05) is 0 Å². The minimum atomic E-state index is -0.684. The van der Waals surface area contributed by atoms with Crippen LogP contribution in [0.15, 0.2) is 0 Å². The Hall–Kier alpha value is -1.22. The van der Waals surface area contributed by atoms with Crippen molar-refractivity contribution in [3.8, 4) is 0 Å². The van der Waals surface area contributed by atoms with E-state index in [4.69, 9.17) is 10.8 Å². The lowest BCUT2D eigenvalue weighted by Gasteiger charge is -2.62. The topological polar surface area (TPSA) is 161 Å².